The van der Waals surface area contributed by atoms with Crippen LogP contribution in [0.3, 0.4) is 0 Å². The van der Waals surface area contributed by atoms with Crippen LogP contribution in [0.1, 0.15) is 18.5 Å². The highest BCUT2D eigenvalue weighted by Crippen LogP contribution is 2.23. The molecule has 1 aromatic heterocycles. The second kappa shape index (κ2) is 5.77. The highest BCUT2D eigenvalue weighted by atomic mass is 32.2. The third kappa shape index (κ3) is 3.37. The lowest BCUT2D eigenvalue weighted by Gasteiger charge is -2.21. The van der Waals surface area contributed by atoms with Crippen LogP contribution < -0.4 is 9.60 Å². The smallest absolute Gasteiger partial charge is 0.305 e. The highest BCUT2D eigenvalue weighted by Gasteiger charge is 2.22. The van der Waals surface area contributed by atoms with Crippen molar-refractivity contribution < 1.29 is 8.42 Å². The van der Waals surface area contributed by atoms with Crippen molar-refractivity contribution in [3.8, 4) is 0 Å². The van der Waals surface area contributed by atoms with Gasteiger partial charge in [-0.05, 0) is 37.2 Å². The zero-order valence-corrected chi connectivity index (χ0v) is 12.5. The van der Waals surface area contributed by atoms with Gasteiger partial charge in [0.2, 0.25) is 0 Å². The molecule has 0 saturated carbocycles. The van der Waals surface area contributed by atoms with Crippen molar-refractivity contribution in [2.24, 2.45) is 5.92 Å². The van der Waals surface area contributed by atoms with E-state index in [-0.39, 0.29) is 9.08 Å². The molecule has 18 heavy (non-hydrogen) atoms. The van der Waals surface area contributed by atoms with Gasteiger partial charge in [0.05, 0.1) is 0 Å². The van der Waals surface area contributed by atoms with Crippen LogP contribution in [0.15, 0.2) is 9.00 Å². The Morgan fingerprint density at radius 3 is 2.61 bits per heavy atom. The SMILES string of the molecule is Cc1[nH]c(=O)sc1S(=O)(=O)NCC1CCSCC1. The average molecular weight is 308 g/mol. The van der Waals surface area contributed by atoms with Gasteiger partial charge in [-0.1, -0.05) is 11.3 Å². The van der Waals surface area contributed by atoms with Crippen LogP contribution in [0.4, 0.5) is 0 Å². The summed E-state index contributed by atoms with van der Waals surface area (Å²) in [5, 5.41) is 0. The molecular formula is C10H16N2O3S3. The van der Waals surface area contributed by atoms with Crippen molar-refractivity contribution in [2.45, 2.75) is 24.0 Å². The lowest BCUT2D eigenvalue weighted by atomic mass is 10.0. The van der Waals surface area contributed by atoms with Crippen LogP contribution >= 0.6 is 23.1 Å². The lowest BCUT2D eigenvalue weighted by molar-refractivity contribution is 0.477. The fourth-order valence-electron chi connectivity index (χ4n) is 1.89. The molecule has 5 nitrogen and oxygen atoms in total. The van der Waals surface area contributed by atoms with Crippen molar-refractivity contribution in [3.63, 3.8) is 0 Å². The Bertz CT molecular complexity index is 555. The number of aryl methyl sites for hydroxylation is 1. The van der Waals surface area contributed by atoms with E-state index in [4.69, 9.17) is 0 Å². The van der Waals surface area contributed by atoms with Gasteiger partial charge in [0.1, 0.15) is 0 Å². The molecule has 2 heterocycles. The molecule has 1 aliphatic rings. The standard InChI is InChI=1S/C10H16N2O3S3/c1-7-9(17-10(13)12-7)18(14,15)11-6-8-2-4-16-5-3-8/h8,11H,2-6H2,1H3,(H,12,13). The maximum Gasteiger partial charge on any atom is 0.305 e. The van der Waals surface area contributed by atoms with Gasteiger partial charge in [0.15, 0.2) is 4.21 Å². The Balaban J connectivity index is 2.03. The zero-order chi connectivity index (χ0) is 13.2. The van der Waals surface area contributed by atoms with Gasteiger partial charge in [-0.25, -0.2) is 13.1 Å². The van der Waals surface area contributed by atoms with Gasteiger partial charge in [-0.2, -0.15) is 11.8 Å². The van der Waals surface area contributed by atoms with Gasteiger partial charge in [0.25, 0.3) is 10.0 Å². The molecule has 0 unspecified atom stereocenters. The first kappa shape index (κ1) is 14.1. The Labute approximate surface area is 114 Å². The minimum Gasteiger partial charge on any atom is -0.315 e. The third-order valence-corrected chi connectivity index (χ3v) is 7.01. The van der Waals surface area contributed by atoms with E-state index in [2.05, 4.69) is 9.71 Å². The topological polar surface area (TPSA) is 79.0 Å². The highest BCUT2D eigenvalue weighted by molar-refractivity contribution is 7.99. The summed E-state index contributed by atoms with van der Waals surface area (Å²) in [5.41, 5.74) is 0.414. The van der Waals surface area contributed by atoms with Crippen molar-refractivity contribution in [1.82, 2.24) is 9.71 Å². The van der Waals surface area contributed by atoms with Crippen LogP contribution in [-0.2, 0) is 10.0 Å². The molecule has 0 radical (unpaired) electrons. The van der Waals surface area contributed by atoms with E-state index < -0.39 is 10.0 Å². The van der Waals surface area contributed by atoms with Crippen LogP contribution in [0.25, 0.3) is 0 Å². The Kier molecular flexibility index (Phi) is 4.52. The number of sulfonamides is 1. The molecule has 2 rings (SSSR count). The quantitative estimate of drug-likeness (QED) is 0.875. The number of thioether (sulfide) groups is 1. The number of rotatable bonds is 4. The Morgan fingerprint density at radius 1 is 1.39 bits per heavy atom. The molecule has 0 aliphatic carbocycles. The summed E-state index contributed by atoms with van der Waals surface area (Å²) in [5.74, 6) is 2.61. The maximum atomic E-state index is 12.0. The van der Waals surface area contributed by atoms with Crippen LogP contribution in [0.5, 0.6) is 0 Å². The number of hydrogen-bond acceptors (Lipinski definition) is 5. The van der Waals surface area contributed by atoms with Gasteiger partial charge >= 0.3 is 4.87 Å². The largest absolute Gasteiger partial charge is 0.315 e. The summed E-state index contributed by atoms with van der Waals surface area (Å²) in [7, 11) is -3.54. The molecule has 8 heteroatoms. The van der Waals surface area contributed by atoms with Crippen LogP contribution in [0, 0.1) is 12.8 Å². The average Bonchev–Trinajstić information content (AvgIpc) is 2.68. The first-order valence-electron chi connectivity index (χ1n) is 5.76. The van der Waals surface area contributed by atoms with Gasteiger partial charge in [-0.3, -0.25) is 4.79 Å². The molecule has 0 spiro atoms. The third-order valence-electron chi connectivity index (χ3n) is 2.93. The summed E-state index contributed by atoms with van der Waals surface area (Å²) >= 11 is 2.65. The molecule has 1 fully saturated rings. The van der Waals surface area contributed by atoms with E-state index in [0.29, 0.717) is 18.2 Å². The second-order valence-electron chi connectivity index (χ2n) is 4.33. The van der Waals surface area contributed by atoms with Crippen molar-refractivity contribution in [3.05, 3.63) is 15.4 Å². The number of H-pyrrole nitrogens is 1. The lowest BCUT2D eigenvalue weighted by Crippen LogP contribution is -2.31. The van der Waals surface area contributed by atoms with Gasteiger partial charge in [-0.15, -0.1) is 0 Å². The van der Waals surface area contributed by atoms with Gasteiger partial charge in [0, 0.05) is 12.2 Å². The Hall–Kier alpha value is -0.310. The minimum absolute atomic E-state index is 0.109. The van der Waals surface area contributed by atoms with E-state index in [9.17, 15) is 13.2 Å². The minimum atomic E-state index is -3.54. The summed E-state index contributed by atoms with van der Waals surface area (Å²) in [6.45, 7) is 2.07. The van der Waals surface area contributed by atoms with Crippen molar-refractivity contribution in [1.29, 1.82) is 0 Å². The van der Waals surface area contributed by atoms with Crippen molar-refractivity contribution in [2.75, 3.05) is 18.1 Å². The molecule has 1 aliphatic heterocycles. The van der Waals surface area contributed by atoms with E-state index in [1.165, 1.54) is 0 Å². The first-order chi connectivity index (χ1) is 8.49. The predicted octanol–water partition coefficient (Wildman–Crippen LogP) is 1.17. The molecule has 2 N–H and O–H groups in total. The summed E-state index contributed by atoms with van der Waals surface area (Å²) in [4.78, 5) is 13.3. The normalized spacial score (nSPS) is 18.1. The van der Waals surface area contributed by atoms with E-state index in [1.807, 2.05) is 11.8 Å². The second-order valence-corrected chi connectivity index (χ2v) is 8.50. The van der Waals surface area contributed by atoms with Gasteiger partial charge < -0.3 is 4.98 Å². The molecule has 1 saturated heterocycles. The molecule has 0 bridgehead atoms. The summed E-state index contributed by atoms with van der Waals surface area (Å²) in [6.07, 6.45) is 2.10. The zero-order valence-electron chi connectivity index (χ0n) is 10.1. The number of aromatic amines is 1. The van der Waals surface area contributed by atoms with Crippen LogP contribution in [0.2, 0.25) is 0 Å². The number of nitrogens with one attached hydrogen (secondary N) is 2. The monoisotopic (exact) mass is 308 g/mol. The summed E-state index contributed by atoms with van der Waals surface area (Å²) < 4.78 is 26.8. The fourth-order valence-corrected chi connectivity index (χ4v) is 5.55. The molecule has 0 aromatic carbocycles. The van der Waals surface area contributed by atoms with Crippen molar-refractivity contribution >= 4 is 33.1 Å². The van der Waals surface area contributed by atoms with E-state index in [0.717, 1.165) is 35.7 Å². The van der Waals surface area contributed by atoms with Crippen LogP contribution in [-0.4, -0.2) is 31.5 Å². The summed E-state index contributed by atoms with van der Waals surface area (Å²) in [6, 6.07) is 0. The van der Waals surface area contributed by atoms with E-state index >= 15 is 0 Å². The Morgan fingerprint density at radius 2 is 2.06 bits per heavy atom. The molecule has 1 aromatic rings. The number of aromatic nitrogens is 1. The molecule has 0 amide bonds. The predicted molar refractivity (Wildman–Crippen MR) is 74.9 cm³/mol. The number of hydrogen-bond donors (Lipinski definition) is 2. The van der Waals surface area contributed by atoms with E-state index in [1.54, 1.807) is 6.92 Å². The maximum absolute atomic E-state index is 12.0. The number of thiazole rings is 1. The first-order valence-corrected chi connectivity index (χ1v) is 9.21. The molecule has 102 valence electrons. The molecular weight excluding hydrogens is 292 g/mol. The molecule has 0 atom stereocenters. The fraction of sp³-hybridized carbons (Fsp3) is 0.700.